The second kappa shape index (κ2) is 3.93. The molecule has 1 heterocycles. The van der Waals surface area contributed by atoms with Gasteiger partial charge in [0.2, 0.25) is 0 Å². The number of carboxylic acid groups (broad SMARTS) is 2. The van der Waals surface area contributed by atoms with Crippen molar-refractivity contribution in [2.75, 3.05) is 0 Å². The molecule has 5 heteroatoms. The minimum Gasteiger partial charge on any atom is -0.480 e. The highest BCUT2D eigenvalue weighted by atomic mass is 16.4. The van der Waals surface area contributed by atoms with Crippen LogP contribution in [0.15, 0.2) is 30.5 Å². The Kier molecular flexibility index (Phi) is 2.59. The molecule has 17 heavy (non-hydrogen) atoms. The number of rotatable bonds is 3. The van der Waals surface area contributed by atoms with Gasteiger partial charge >= 0.3 is 11.9 Å². The van der Waals surface area contributed by atoms with Crippen LogP contribution in [-0.2, 0) is 16.6 Å². The fraction of sp³-hybridized carbons (Fsp3) is 0.167. The van der Waals surface area contributed by atoms with Crippen LogP contribution < -0.4 is 0 Å². The quantitative estimate of drug-likeness (QED) is 0.786. The number of nitrogens with zero attached hydrogens (tertiary/aromatic N) is 1. The summed E-state index contributed by atoms with van der Waals surface area (Å²) in [4.78, 5) is 22.0. The van der Waals surface area contributed by atoms with Gasteiger partial charge in [-0.15, -0.1) is 0 Å². The monoisotopic (exact) mass is 233 g/mol. The second-order valence-corrected chi connectivity index (χ2v) is 3.82. The lowest BCUT2D eigenvalue weighted by Crippen LogP contribution is -2.20. The lowest BCUT2D eigenvalue weighted by Gasteiger charge is -2.05. The van der Waals surface area contributed by atoms with E-state index in [1.165, 1.54) is 0 Å². The van der Waals surface area contributed by atoms with Crippen LogP contribution in [0.1, 0.15) is 11.5 Å². The highest BCUT2D eigenvalue weighted by Crippen LogP contribution is 2.27. The van der Waals surface area contributed by atoms with Gasteiger partial charge in [0.1, 0.15) is 0 Å². The zero-order valence-corrected chi connectivity index (χ0v) is 9.12. The van der Waals surface area contributed by atoms with E-state index in [1.54, 1.807) is 29.9 Å². The predicted octanol–water partition coefficient (Wildman–Crippen LogP) is 1.43. The number of aliphatic carboxylic acids is 2. The first-order chi connectivity index (χ1) is 8.02. The van der Waals surface area contributed by atoms with Gasteiger partial charge in [-0.1, -0.05) is 18.2 Å². The van der Waals surface area contributed by atoms with Gasteiger partial charge in [0.05, 0.1) is 0 Å². The van der Waals surface area contributed by atoms with E-state index >= 15 is 0 Å². The number of aryl methyl sites for hydroxylation is 1. The Morgan fingerprint density at radius 2 is 1.76 bits per heavy atom. The van der Waals surface area contributed by atoms with Crippen LogP contribution in [-0.4, -0.2) is 26.7 Å². The molecule has 5 nitrogen and oxygen atoms in total. The van der Waals surface area contributed by atoms with Crippen molar-refractivity contribution in [1.29, 1.82) is 0 Å². The summed E-state index contributed by atoms with van der Waals surface area (Å²) in [6, 6.07) is 7.12. The van der Waals surface area contributed by atoms with E-state index in [9.17, 15) is 9.59 Å². The Hall–Kier alpha value is -2.30. The van der Waals surface area contributed by atoms with E-state index in [1.807, 2.05) is 12.1 Å². The van der Waals surface area contributed by atoms with Crippen LogP contribution in [0.2, 0.25) is 0 Å². The molecule has 2 N–H and O–H groups in total. The van der Waals surface area contributed by atoms with E-state index in [0.717, 1.165) is 5.52 Å². The second-order valence-electron chi connectivity index (χ2n) is 3.82. The first kappa shape index (κ1) is 11.2. The van der Waals surface area contributed by atoms with E-state index in [4.69, 9.17) is 10.2 Å². The Balaban J connectivity index is 2.70. The topological polar surface area (TPSA) is 79.5 Å². The van der Waals surface area contributed by atoms with Crippen molar-refractivity contribution in [3.63, 3.8) is 0 Å². The SMILES string of the molecule is Cn1cc(C(C(=O)O)C(=O)O)c2ccccc21. The molecular weight excluding hydrogens is 222 g/mol. The minimum atomic E-state index is -1.53. The maximum absolute atomic E-state index is 11.0. The van der Waals surface area contributed by atoms with Gasteiger partial charge in [-0.2, -0.15) is 0 Å². The fourth-order valence-electron chi connectivity index (χ4n) is 1.97. The number of para-hydroxylation sites is 1. The average molecular weight is 233 g/mol. The van der Waals surface area contributed by atoms with E-state index in [-0.39, 0.29) is 0 Å². The van der Waals surface area contributed by atoms with E-state index in [2.05, 4.69) is 0 Å². The number of aromatic nitrogens is 1. The Bertz CT molecular complexity index is 586. The molecule has 0 aliphatic carbocycles. The van der Waals surface area contributed by atoms with Gasteiger partial charge in [0.15, 0.2) is 5.92 Å². The predicted molar refractivity (Wildman–Crippen MR) is 60.9 cm³/mol. The summed E-state index contributed by atoms with van der Waals surface area (Å²) in [5, 5.41) is 18.6. The zero-order valence-electron chi connectivity index (χ0n) is 9.12. The summed E-state index contributed by atoms with van der Waals surface area (Å²) in [6.45, 7) is 0. The standard InChI is InChI=1S/C12H11NO4/c1-13-6-8(10(11(14)15)12(16)17)7-4-2-3-5-9(7)13/h2-6,10H,1H3,(H,14,15)(H,16,17). The normalized spacial score (nSPS) is 10.9. The average Bonchev–Trinajstić information content (AvgIpc) is 2.56. The molecule has 0 saturated heterocycles. The van der Waals surface area contributed by atoms with Crippen molar-refractivity contribution >= 4 is 22.8 Å². The molecular formula is C12H11NO4. The largest absolute Gasteiger partial charge is 0.480 e. The summed E-state index contributed by atoms with van der Waals surface area (Å²) in [5.74, 6) is -4.23. The van der Waals surface area contributed by atoms with Crippen molar-refractivity contribution in [2.45, 2.75) is 5.92 Å². The molecule has 0 saturated carbocycles. The molecule has 0 aliphatic heterocycles. The number of benzene rings is 1. The van der Waals surface area contributed by atoms with Crippen molar-refractivity contribution in [3.05, 3.63) is 36.0 Å². The van der Waals surface area contributed by atoms with Crippen LogP contribution >= 0.6 is 0 Å². The Labute approximate surface area is 96.9 Å². The molecule has 0 amide bonds. The minimum absolute atomic E-state index is 0.308. The van der Waals surface area contributed by atoms with Gasteiger partial charge in [0, 0.05) is 29.7 Å². The molecule has 1 aromatic heterocycles. The first-order valence-corrected chi connectivity index (χ1v) is 5.02. The summed E-state index contributed by atoms with van der Waals surface area (Å²) >= 11 is 0. The van der Waals surface area contributed by atoms with Gasteiger partial charge in [0.25, 0.3) is 0 Å². The lowest BCUT2D eigenvalue weighted by molar-refractivity contribution is -0.149. The van der Waals surface area contributed by atoms with E-state index < -0.39 is 17.9 Å². The first-order valence-electron chi connectivity index (χ1n) is 5.02. The summed E-state index contributed by atoms with van der Waals surface area (Å²) in [5.41, 5.74) is 1.12. The smallest absolute Gasteiger partial charge is 0.322 e. The molecule has 2 rings (SSSR count). The van der Waals surface area contributed by atoms with Crippen LogP contribution in [0.5, 0.6) is 0 Å². The molecule has 0 aliphatic rings. The third-order valence-corrected chi connectivity index (χ3v) is 2.73. The number of hydrogen-bond donors (Lipinski definition) is 2. The highest BCUT2D eigenvalue weighted by Gasteiger charge is 2.30. The van der Waals surface area contributed by atoms with Crippen LogP contribution in [0, 0.1) is 0 Å². The molecule has 88 valence electrons. The molecule has 0 unspecified atom stereocenters. The maximum atomic E-state index is 11.0. The van der Waals surface area contributed by atoms with Crippen LogP contribution in [0.25, 0.3) is 10.9 Å². The molecule has 0 atom stereocenters. The van der Waals surface area contributed by atoms with E-state index in [0.29, 0.717) is 10.9 Å². The Morgan fingerprint density at radius 3 is 2.35 bits per heavy atom. The maximum Gasteiger partial charge on any atom is 0.322 e. The third kappa shape index (κ3) is 1.75. The van der Waals surface area contributed by atoms with Gasteiger partial charge < -0.3 is 14.8 Å². The highest BCUT2D eigenvalue weighted by molar-refractivity contribution is 6.03. The lowest BCUT2D eigenvalue weighted by atomic mass is 9.99. The summed E-state index contributed by atoms with van der Waals surface area (Å²) in [6.07, 6.45) is 1.55. The molecule has 0 spiro atoms. The van der Waals surface area contributed by atoms with Crippen molar-refractivity contribution in [2.24, 2.45) is 7.05 Å². The number of carboxylic acids is 2. The van der Waals surface area contributed by atoms with Crippen molar-refractivity contribution in [1.82, 2.24) is 4.57 Å². The molecule has 2 aromatic rings. The Morgan fingerprint density at radius 1 is 1.18 bits per heavy atom. The van der Waals surface area contributed by atoms with Gasteiger partial charge in [-0.3, -0.25) is 9.59 Å². The fourth-order valence-corrected chi connectivity index (χ4v) is 1.97. The zero-order chi connectivity index (χ0) is 12.6. The van der Waals surface area contributed by atoms with Crippen LogP contribution in [0.3, 0.4) is 0 Å². The molecule has 0 fully saturated rings. The van der Waals surface area contributed by atoms with Crippen molar-refractivity contribution in [3.8, 4) is 0 Å². The van der Waals surface area contributed by atoms with Crippen molar-refractivity contribution < 1.29 is 19.8 Å². The number of fused-ring (bicyclic) bond motifs is 1. The van der Waals surface area contributed by atoms with Gasteiger partial charge in [-0.25, -0.2) is 0 Å². The number of hydrogen-bond acceptors (Lipinski definition) is 2. The molecule has 1 aromatic carbocycles. The third-order valence-electron chi connectivity index (χ3n) is 2.73. The number of carbonyl (C=O) groups is 2. The summed E-state index contributed by atoms with van der Waals surface area (Å²) < 4.78 is 1.73. The van der Waals surface area contributed by atoms with Gasteiger partial charge in [-0.05, 0) is 6.07 Å². The summed E-state index contributed by atoms with van der Waals surface area (Å²) in [7, 11) is 1.76. The van der Waals surface area contributed by atoms with Crippen LogP contribution in [0.4, 0.5) is 0 Å². The molecule has 0 bridgehead atoms. The molecule has 0 radical (unpaired) electrons.